The Labute approximate surface area is 235 Å². The second-order valence-electron chi connectivity index (χ2n) is 8.55. The molecule has 0 aliphatic rings. The van der Waals surface area contributed by atoms with Crippen molar-refractivity contribution in [2.45, 2.75) is 9.79 Å². The van der Waals surface area contributed by atoms with Crippen LogP contribution < -0.4 is 9.47 Å². The Bertz CT molecular complexity index is 2010. The third-order valence-corrected chi connectivity index (χ3v) is 7.83. The second kappa shape index (κ2) is 10.3. The molecule has 0 saturated carbocycles. The highest BCUT2D eigenvalue weighted by atomic mass is 32.2. The molecular formula is C26H16N2O12S2. The van der Waals surface area contributed by atoms with E-state index in [1.807, 2.05) is 0 Å². The Kier molecular flexibility index (Phi) is 6.99. The van der Waals surface area contributed by atoms with Gasteiger partial charge in [-0.1, -0.05) is 48.5 Å². The summed E-state index contributed by atoms with van der Waals surface area (Å²) in [6.07, 6.45) is -3.52. The normalized spacial score (nSPS) is 11.9. The molecule has 0 aliphatic carbocycles. The smallest absolute Gasteiger partial charge is 0.449 e. The van der Waals surface area contributed by atoms with Crippen molar-refractivity contribution in [2.24, 2.45) is 0 Å². The predicted octanol–water partition coefficient (Wildman–Crippen LogP) is 4.72. The van der Waals surface area contributed by atoms with Gasteiger partial charge < -0.3 is 19.7 Å². The van der Waals surface area contributed by atoms with E-state index < -0.39 is 54.1 Å². The molecule has 42 heavy (non-hydrogen) atoms. The number of aromatic nitrogens is 2. The van der Waals surface area contributed by atoms with Crippen LogP contribution in [0.5, 0.6) is 11.8 Å². The Balaban J connectivity index is 1.96. The summed E-state index contributed by atoms with van der Waals surface area (Å²) in [5.74, 6) is -1.07. The Morgan fingerprint density at radius 1 is 0.571 bits per heavy atom. The first kappa shape index (κ1) is 28.4. The van der Waals surface area contributed by atoms with Crippen molar-refractivity contribution in [3.8, 4) is 34.0 Å². The number of rotatable bonds is 6. The van der Waals surface area contributed by atoms with Crippen molar-refractivity contribution in [3.05, 3.63) is 72.8 Å². The number of hydrogen-bond donors (Lipinski definition) is 4. The summed E-state index contributed by atoms with van der Waals surface area (Å²) in [5.41, 5.74) is -0.301. The number of hydrogen-bond acceptors (Lipinski definition) is 10. The summed E-state index contributed by atoms with van der Waals surface area (Å²) in [4.78, 5) is 30.2. The Morgan fingerprint density at radius 3 is 1.26 bits per heavy atom. The van der Waals surface area contributed by atoms with Crippen LogP contribution in [0.25, 0.3) is 44.1 Å². The van der Waals surface area contributed by atoms with E-state index in [0.29, 0.717) is 0 Å². The van der Waals surface area contributed by atoms with Crippen molar-refractivity contribution in [3.63, 3.8) is 0 Å². The van der Waals surface area contributed by atoms with Gasteiger partial charge in [0.2, 0.25) is 11.8 Å². The molecule has 2 aromatic heterocycles. The molecule has 0 aliphatic heterocycles. The van der Waals surface area contributed by atoms with Crippen LogP contribution >= 0.6 is 0 Å². The second-order valence-corrected chi connectivity index (χ2v) is 11.3. The summed E-state index contributed by atoms with van der Waals surface area (Å²) < 4.78 is 77.8. The molecule has 0 atom stereocenters. The van der Waals surface area contributed by atoms with Crippen LogP contribution in [0.15, 0.2) is 82.6 Å². The number of fused-ring (bicyclic) bond motifs is 3. The van der Waals surface area contributed by atoms with E-state index in [4.69, 9.17) is 9.47 Å². The van der Waals surface area contributed by atoms with E-state index in [-0.39, 0.29) is 44.1 Å². The first-order valence-corrected chi connectivity index (χ1v) is 14.4. The molecule has 0 bridgehead atoms. The van der Waals surface area contributed by atoms with Crippen LogP contribution in [-0.2, 0) is 20.2 Å². The van der Waals surface area contributed by atoms with E-state index in [9.17, 15) is 45.7 Å². The molecule has 14 nitrogen and oxygen atoms in total. The zero-order valence-electron chi connectivity index (χ0n) is 20.7. The molecule has 0 spiro atoms. The minimum Gasteiger partial charge on any atom is -0.449 e. The van der Waals surface area contributed by atoms with Gasteiger partial charge >= 0.3 is 12.3 Å². The lowest BCUT2D eigenvalue weighted by molar-refractivity contribution is 0.141. The van der Waals surface area contributed by atoms with Gasteiger partial charge in [-0.05, 0) is 23.3 Å². The maximum atomic E-state index is 12.2. The number of carboxylic acid groups (broad SMARTS) is 2. The third kappa shape index (κ3) is 5.41. The Morgan fingerprint density at radius 2 is 0.929 bits per heavy atom. The predicted molar refractivity (Wildman–Crippen MR) is 145 cm³/mol. The van der Waals surface area contributed by atoms with Crippen LogP contribution in [0.3, 0.4) is 0 Å². The van der Waals surface area contributed by atoms with E-state index >= 15 is 0 Å². The summed E-state index contributed by atoms with van der Waals surface area (Å²) in [5, 5.41) is 18.8. The first-order chi connectivity index (χ1) is 19.7. The van der Waals surface area contributed by atoms with E-state index in [2.05, 4.69) is 9.97 Å². The molecule has 0 fully saturated rings. The fourth-order valence-electron chi connectivity index (χ4n) is 4.49. The lowest BCUT2D eigenvalue weighted by atomic mass is 9.96. The lowest BCUT2D eigenvalue weighted by Gasteiger charge is -2.16. The summed E-state index contributed by atoms with van der Waals surface area (Å²) in [6.45, 7) is 0. The van der Waals surface area contributed by atoms with Gasteiger partial charge in [0.05, 0.1) is 0 Å². The van der Waals surface area contributed by atoms with E-state index in [1.165, 1.54) is 48.5 Å². The molecule has 0 saturated heterocycles. The summed E-state index contributed by atoms with van der Waals surface area (Å²) in [6, 6.07) is 15.7. The monoisotopic (exact) mass is 612 g/mol. The zero-order chi connectivity index (χ0) is 30.4. The van der Waals surface area contributed by atoms with Gasteiger partial charge in [-0.25, -0.2) is 19.6 Å². The minimum atomic E-state index is -4.77. The van der Waals surface area contributed by atoms with Crippen LogP contribution in [0.2, 0.25) is 0 Å². The third-order valence-electron chi connectivity index (χ3n) is 6.01. The molecule has 0 radical (unpaired) electrons. The molecule has 4 N–H and O–H groups in total. The quantitative estimate of drug-likeness (QED) is 0.116. The van der Waals surface area contributed by atoms with Crippen LogP contribution in [-0.4, -0.2) is 58.4 Å². The number of pyridine rings is 2. The molecule has 0 amide bonds. The summed E-state index contributed by atoms with van der Waals surface area (Å²) in [7, 11) is -9.54. The van der Waals surface area contributed by atoms with Crippen molar-refractivity contribution in [1.82, 2.24) is 9.97 Å². The van der Waals surface area contributed by atoms with Gasteiger partial charge in [-0.2, -0.15) is 16.8 Å². The van der Waals surface area contributed by atoms with Gasteiger partial charge in [-0.15, -0.1) is 0 Å². The van der Waals surface area contributed by atoms with Crippen LogP contribution in [0, 0.1) is 0 Å². The summed E-state index contributed by atoms with van der Waals surface area (Å²) >= 11 is 0. The highest BCUT2D eigenvalue weighted by molar-refractivity contribution is 7.86. The molecule has 16 heteroatoms. The van der Waals surface area contributed by atoms with Crippen molar-refractivity contribution in [2.75, 3.05) is 0 Å². The fraction of sp³-hybridized carbons (Fsp3) is 0. The largest absolute Gasteiger partial charge is 0.512 e. The van der Waals surface area contributed by atoms with Crippen LogP contribution in [0.4, 0.5) is 9.59 Å². The van der Waals surface area contributed by atoms with Gasteiger partial charge in [0.15, 0.2) is 0 Å². The number of benzene rings is 3. The molecule has 5 rings (SSSR count). The molecular weight excluding hydrogens is 596 g/mol. The van der Waals surface area contributed by atoms with Gasteiger partial charge in [0, 0.05) is 34.0 Å². The van der Waals surface area contributed by atoms with Crippen molar-refractivity contribution >= 4 is 54.4 Å². The van der Waals surface area contributed by atoms with E-state index in [1.54, 1.807) is 0 Å². The standard InChI is InChI=1S/C26H16N2O12S2/c29-25(30)39-21-11-17(13-5-1-3-7-19(13)41(33,34)35)15-9-10-16-18(14-6-2-4-8-20(14)42(36,37)38)12-22(40-26(31)32)28-24(16)23(15)27-21/h1-12H,(H,29,30)(H,31,32)(H,33,34,35)(H,36,37,38). The number of ether oxygens (including phenoxy) is 2. The van der Waals surface area contributed by atoms with Gasteiger partial charge in [0.25, 0.3) is 20.2 Å². The number of nitrogens with zero attached hydrogens (tertiary/aromatic N) is 2. The van der Waals surface area contributed by atoms with Crippen molar-refractivity contribution < 1.29 is 55.2 Å². The maximum absolute atomic E-state index is 12.2. The maximum Gasteiger partial charge on any atom is 0.512 e. The fourth-order valence-corrected chi connectivity index (χ4v) is 5.90. The van der Waals surface area contributed by atoms with E-state index in [0.717, 1.165) is 24.3 Å². The lowest BCUT2D eigenvalue weighted by Crippen LogP contribution is -2.07. The molecule has 5 aromatic rings. The number of carbonyl (C=O) groups is 2. The van der Waals surface area contributed by atoms with Crippen molar-refractivity contribution in [1.29, 1.82) is 0 Å². The molecule has 2 heterocycles. The topological polar surface area (TPSA) is 228 Å². The van der Waals surface area contributed by atoms with Gasteiger partial charge in [0.1, 0.15) is 20.8 Å². The average Bonchev–Trinajstić information content (AvgIpc) is 2.90. The molecule has 214 valence electrons. The molecule has 3 aromatic carbocycles. The minimum absolute atomic E-state index is 0.0395. The Hall–Kier alpha value is -5.16. The molecule has 0 unspecified atom stereocenters. The van der Waals surface area contributed by atoms with Crippen LogP contribution in [0.1, 0.15) is 0 Å². The zero-order valence-corrected chi connectivity index (χ0v) is 22.3. The highest BCUT2D eigenvalue weighted by Gasteiger charge is 2.24. The first-order valence-electron chi connectivity index (χ1n) is 11.5. The average molecular weight is 613 g/mol. The highest BCUT2D eigenvalue weighted by Crippen LogP contribution is 2.41. The SMILES string of the molecule is O=C(O)Oc1cc(-c2ccccc2S(=O)(=O)O)c2ccc3c(-c4ccccc4S(=O)(=O)O)cc(OC(=O)O)nc3c2n1. The van der Waals surface area contributed by atoms with Gasteiger partial charge in [-0.3, -0.25) is 9.11 Å².